The Morgan fingerprint density at radius 2 is 2.00 bits per heavy atom. The van der Waals surface area contributed by atoms with Crippen molar-refractivity contribution >= 4 is 55.9 Å². The zero-order valence-electron chi connectivity index (χ0n) is 15.6. The highest BCUT2D eigenvalue weighted by molar-refractivity contribution is 9.10. The van der Waals surface area contributed by atoms with Crippen molar-refractivity contribution in [3.05, 3.63) is 72.8 Å². The molecule has 0 spiro atoms. The van der Waals surface area contributed by atoms with Crippen LogP contribution in [0.1, 0.15) is 21.6 Å². The summed E-state index contributed by atoms with van der Waals surface area (Å²) in [5.74, 6) is -0.0538. The fourth-order valence-electron chi connectivity index (χ4n) is 4.00. The van der Waals surface area contributed by atoms with E-state index in [1.54, 1.807) is 25.2 Å². The van der Waals surface area contributed by atoms with Crippen LogP contribution in [0.15, 0.2) is 45.7 Å². The lowest BCUT2D eigenvalue weighted by atomic mass is 10.0. The van der Waals surface area contributed by atoms with Gasteiger partial charge in [-0.25, -0.2) is 0 Å². The molecule has 5 rings (SSSR count). The van der Waals surface area contributed by atoms with Gasteiger partial charge in [-0.05, 0) is 52.4 Å². The van der Waals surface area contributed by atoms with Crippen molar-refractivity contribution in [3.8, 4) is 0 Å². The number of rotatable bonds is 1. The Morgan fingerprint density at radius 3 is 2.83 bits per heavy atom. The topological polar surface area (TPSA) is 73.9 Å². The maximum absolute atomic E-state index is 13.2. The first-order chi connectivity index (χ1) is 13.9. The summed E-state index contributed by atoms with van der Waals surface area (Å²) >= 11 is 8.79. The van der Waals surface area contributed by atoms with Gasteiger partial charge in [0.15, 0.2) is 4.77 Å². The standard InChI is InChI=1S/C21H17BrN4O2S/c1-25-20(28)13-6-5-11(9-17(13)24-21(25)29)19(27)26-8-7-16-14(10-26)12-3-2-4-15(22)18(12)23-16/h2-6,9,23H,7-8,10H2,1H3,(H,24,29). The summed E-state index contributed by atoms with van der Waals surface area (Å²) < 4.78 is 2.74. The number of H-pyrrole nitrogens is 2. The minimum absolute atomic E-state index is 0.0538. The monoisotopic (exact) mass is 468 g/mol. The van der Waals surface area contributed by atoms with E-state index in [4.69, 9.17) is 12.2 Å². The summed E-state index contributed by atoms with van der Waals surface area (Å²) in [7, 11) is 1.63. The van der Waals surface area contributed by atoms with E-state index < -0.39 is 0 Å². The van der Waals surface area contributed by atoms with Gasteiger partial charge in [0.1, 0.15) is 0 Å². The third-order valence-corrected chi connectivity index (χ3v) is 6.63. The van der Waals surface area contributed by atoms with Crippen LogP contribution in [0.3, 0.4) is 0 Å². The summed E-state index contributed by atoms with van der Waals surface area (Å²) in [4.78, 5) is 33.9. The van der Waals surface area contributed by atoms with Crippen LogP contribution in [0, 0.1) is 4.77 Å². The first-order valence-electron chi connectivity index (χ1n) is 9.24. The lowest BCUT2D eigenvalue weighted by Gasteiger charge is -2.27. The minimum atomic E-state index is -0.172. The molecule has 1 amide bonds. The zero-order chi connectivity index (χ0) is 20.3. The lowest BCUT2D eigenvalue weighted by molar-refractivity contribution is 0.0735. The van der Waals surface area contributed by atoms with E-state index in [2.05, 4.69) is 32.0 Å². The van der Waals surface area contributed by atoms with Crippen LogP contribution in [0.4, 0.5) is 0 Å². The molecule has 2 aromatic carbocycles. The normalized spacial score (nSPS) is 13.8. The SMILES string of the molecule is Cn1c(=S)[nH]c2cc(C(=O)N3CCc4[nH]c5c(Br)cccc5c4C3)ccc2c1=O. The molecule has 0 atom stereocenters. The molecule has 146 valence electrons. The summed E-state index contributed by atoms with van der Waals surface area (Å²) in [6.45, 7) is 1.19. The average molecular weight is 469 g/mol. The highest BCUT2D eigenvalue weighted by Gasteiger charge is 2.25. The Balaban J connectivity index is 1.53. The van der Waals surface area contributed by atoms with E-state index in [1.807, 2.05) is 17.0 Å². The second-order valence-electron chi connectivity index (χ2n) is 7.28. The van der Waals surface area contributed by atoms with E-state index >= 15 is 0 Å². The Morgan fingerprint density at radius 1 is 1.17 bits per heavy atom. The number of fused-ring (bicyclic) bond motifs is 4. The van der Waals surface area contributed by atoms with Crippen LogP contribution in [0.25, 0.3) is 21.8 Å². The van der Waals surface area contributed by atoms with Gasteiger partial charge in [0.05, 0.1) is 16.4 Å². The Kier molecular flexibility index (Phi) is 4.22. The molecule has 4 aromatic rings. The third-order valence-electron chi connectivity index (χ3n) is 5.59. The molecule has 2 aromatic heterocycles. The molecular formula is C21H17BrN4O2S. The summed E-state index contributed by atoms with van der Waals surface area (Å²) in [6.07, 6.45) is 0.777. The third kappa shape index (κ3) is 2.86. The van der Waals surface area contributed by atoms with Crippen molar-refractivity contribution in [2.24, 2.45) is 7.05 Å². The molecule has 0 saturated carbocycles. The number of aromatic nitrogens is 3. The van der Waals surface area contributed by atoms with Gasteiger partial charge in [0.2, 0.25) is 0 Å². The number of halogens is 1. The molecule has 1 aliphatic heterocycles. The van der Waals surface area contributed by atoms with E-state index in [9.17, 15) is 9.59 Å². The van der Waals surface area contributed by atoms with Crippen LogP contribution < -0.4 is 5.56 Å². The highest BCUT2D eigenvalue weighted by atomic mass is 79.9. The molecule has 8 heteroatoms. The fourth-order valence-corrected chi connectivity index (χ4v) is 4.66. The quantitative estimate of drug-likeness (QED) is 0.414. The molecule has 2 N–H and O–H groups in total. The summed E-state index contributed by atoms with van der Waals surface area (Å²) in [6, 6.07) is 11.2. The molecule has 29 heavy (non-hydrogen) atoms. The molecule has 0 unspecified atom stereocenters. The van der Waals surface area contributed by atoms with Crippen molar-refractivity contribution < 1.29 is 4.79 Å². The van der Waals surface area contributed by atoms with E-state index in [0.717, 1.165) is 27.4 Å². The average Bonchev–Trinajstić information content (AvgIpc) is 3.10. The van der Waals surface area contributed by atoms with E-state index in [0.29, 0.717) is 34.3 Å². The van der Waals surface area contributed by atoms with E-state index in [1.165, 1.54) is 10.3 Å². The number of nitrogens with one attached hydrogen (secondary N) is 2. The number of carbonyl (C=O) groups excluding carboxylic acids is 1. The summed E-state index contributed by atoms with van der Waals surface area (Å²) in [5, 5.41) is 1.65. The maximum atomic E-state index is 13.2. The van der Waals surface area contributed by atoms with Crippen molar-refractivity contribution in [3.63, 3.8) is 0 Å². The number of hydrogen-bond donors (Lipinski definition) is 2. The number of para-hydroxylation sites is 1. The molecule has 1 aliphatic rings. The van der Waals surface area contributed by atoms with Gasteiger partial charge >= 0.3 is 0 Å². The second kappa shape index (κ2) is 6.67. The Bertz CT molecular complexity index is 1430. The van der Waals surface area contributed by atoms with Crippen LogP contribution in [-0.2, 0) is 20.0 Å². The Hall–Kier alpha value is -2.71. The smallest absolute Gasteiger partial charge is 0.261 e. The number of carbonyl (C=O) groups is 1. The first-order valence-corrected chi connectivity index (χ1v) is 10.4. The number of nitrogens with zero attached hydrogens (tertiary/aromatic N) is 2. The van der Waals surface area contributed by atoms with E-state index in [-0.39, 0.29) is 11.5 Å². The molecule has 0 radical (unpaired) electrons. The largest absolute Gasteiger partial charge is 0.357 e. The maximum Gasteiger partial charge on any atom is 0.261 e. The van der Waals surface area contributed by atoms with Gasteiger partial charge in [-0.3, -0.25) is 14.2 Å². The molecule has 6 nitrogen and oxygen atoms in total. The highest BCUT2D eigenvalue weighted by Crippen LogP contribution is 2.32. The predicted molar refractivity (Wildman–Crippen MR) is 119 cm³/mol. The zero-order valence-corrected chi connectivity index (χ0v) is 18.0. The number of aromatic amines is 2. The second-order valence-corrected chi connectivity index (χ2v) is 8.52. The van der Waals surface area contributed by atoms with Gasteiger partial charge in [-0.1, -0.05) is 12.1 Å². The van der Waals surface area contributed by atoms with Crippen LogP contribution in [-0.4, -0.2) is 31.9 Å². The van der Waals surface area contributed by atoms with Gasteiger partial charge in [0, 0.05) is 53.2 Å². The molecular weight excluding hydrogens is 452 g/mol. The van der Waals surface area contributed by atoms with Crippen molar-refractivity contribution in [1.29, 1.82) is 0 Å². The van der Waals surface area contributed by atoms with Crippen molar-refractivity contribution in [1.82, 2.24) is 19.4 Å². The number of hydrogen-bond acceptors (Lipinski definition) is 3. The number of amides is 1. The number of benzene rings is 2. The van der Waals surface area contributed by atoms with Gasteiger partial charge in [-0.15, -0.1) is 0 Å². The van der Waals surface area contributed by atoms with Crippen molar-refractivity contribution in [2.75, 3.05) is 6.54 Å². The molecule has 0 aliphatic carbocycles. The molecule has 0 bridgehead atoms. The van der Waals surface area contributed by atoms with Crippen LogP contribution in [0.5, 0.6) is 0 Å². The summed E-state index contributed by atoms with van der Waals surface area (Å²) in [5.41, 5.74) is 4.37. The Labute approximate surface area is 179 Å². The van der Waals surface area contributed by atoms with Crippen molar-refractivity contribution in [2.45, 2.75) is 13.0 Å². The fraction of sp³-hybridized carbons (Fsp3) is 0.190. The first kappa shape index (κ1) is 18.3. The van der Waals surface area contributed by atoms with Crippen LogP contribution in [0.2, 0.25) is 0 Å². The predicted octanol–water partition coefficient (Wildman–Crippen LogP) is 4.04. The van der Waals surface area contributed by atoms with Crippen LogP contribution >= 0.6 is 28.1 Å². The minimum Gasteiger partial charge on any atom is -0.357 e. The lowest BCUT2D eigenvalue weighted by Crippen LogP contribution is -2.35. The van der Waals surface area contributed by atoms with Gasteiger partial charge < -0.3 is 14.9 Å². The molecule has 0 fully saturated rings. The molecule has 0 saturated heterocycles. The molecule has 3 heterocycles. The van der Waals surface area contributed by atoms with Gasteiger partial charge in [0.25, 0.3) is 11.5 Å². The van der Waals surface area contributed by atoms with Gasteiger partial charge in [-0.2, -0.15) is 0 Å².